The van der Waals surface area contributed by atoms with Crippen LogP contribution in [0.1, 0.15) is 25.1 Å². The third kappa shape index (κ3) is 7.00. The minimum Gasteiger partial charge on any atom is -0.460 e. The molecule has 0 radical (unpaired) electrons. The van der Waals surface area contributed by atoms with E-state index in [4.69, 9.17) is 18.5 Å². The fourth-order valence-electron chi connectivity index (χ4n) is 3.27. The Morgan fingerprint density at radius 2 is 2.11 bits per heavy atom. The average Bonchev–Trinajstić information content (AvgIpc) is 3.19. The average molecular weight is 509 g/mol. The van der Waals surface area contributed by atoms with E-state index in [1.807, 2.05) is 0 Å². The van der Waals surface area contributed by atoms with E-state index < -0.39 is 49.4 Å². The maximum Gasteiger partial charge on any atom is 0.459 e. The lowest BCUT2D eigenvalue weighted by atomic mass is 10.2. The first-order chi connectivity index (χ1) is 16.6. The fourth-order valence-corrected chi connectivity index (χ4v) is 4.78. The normalized spacial score (nSPS) is 22.2. The van der Waals surface area contributed by atoms with E-state index in [0.717, 1.165) is 4.57 Å². The molecule has 190 valence electrons. The number of hydrogen-bond donors (Lipinski definition) is 3. The van der Waals surface area contributed by atoms with Crippen LogP contribution in [0.2, 0.25) is 0 Å². The largest absolute Gasteiger partial charge is 0.460 e. The molecule has 1 aromatic carbocycles. The number of nitrogens with one attached hydrogen (secondary N) is 2. The summed E-state index contributed by atoms with van der Waals surface area (Å²) in [5, 5.41) is 13.0. The molecule has 3 rings (SSSR count). The van der Waals surface area contributed by atoms with Gasteiger partial charge in [-0.15, -0.1) is 0 Å². The zero-order valence-electron chi connectivity index (χ0n) is 19.3. The highest BCUT2D eigenvalue weighted by Crippen LogP contribution is 2.45. The van der Waals surface area contributed by atoms with E-state index in [1.54, 1.807) is 30.3 Å². The van der Waals surface area contributed by atoms with E-state index in [2.05, 4.69) is 16.7 Å². The highest BCUT2D eigenvalue weighted by atomic mass is 31.2. The zero-order valence-corrected chi connectivity index (χ0v) is 20.2. The van der Waals surface area contributed by atoms with Crippen molar-refractivity contribution in [2.24, 2.45) is 0 Å². The van der Waals surface area contributed by atoms with E-state index in [-0.39, 0.29) is 25.4 Å². The highest BCUT2D eigenvalue weighted by molar-refractivity contribution is 7.52. The van der Waals surface area contributed by atoms with Gasteiger partial charge in [0.2, 0.25) is 0 Å². The number of hydrogen-bond acceptors (Lipinski definition) is 9. The van der Waals surface area contributed by atoms with Crippen LogP contribution >= 0.6 is 7.75 Å². The van der Waals surface area contributed by atoms with Gasteiger partial charge in [0.25, 0.3) is 5.56 Å². The topological polar surface area (TPSA) is 158 Å². The second-order valence-corrected chi connectivity index (χ2v) is 9.57. The highest BCUT2D eigenvalue weighted by Gasteiger charge is 2.39. The van der Waals surface area contributed by atoms with Crippen LogP contribution in [-0.2, 0) is 23.4 Å². The summed E-state index contributed by atoms with van der Waals surface area (Å²) in [4.78, 5) is 38.1. The second-order valence-electron chi connectivity index (χ2n) is 7.88. The summed E-state index contributed by atoms with van der Waals surface area (Å²) < 4.78 is 36.5. The first-order valence-corrected chi connectivity index (χ1v) is 12.4. The third-order valence-corrected chi connectivity index (χ3v) is 6.73. The maximum atomic E-state index is 13.5. The molecule has 0 bridgehead atoms. The molecule has 35 heavy (non-hydrogen) atoms. The molecule has 1 aliphatic rings. The number of carbonyl (C=O) groups is 1. The van der Waals surface area contributed by atoms with Crippen molar-refractivity contribution in [3.63, 3.8) is 0 Å². The Balaban J connectivity index is 1.72. The van der Waals surface area contributed by atoms with Crippen LogP contribution in [0.3, 0.4) is 0 Å². The number of para-hydroxylation sites is 1. The van der Waals surface area contributed by atoms with E-state index in [9.17, 15) is 24.1 Å². The van der Waals surface area contributed by atoms with Crippen molar-refractivity contribution in [3.05, 3.63) is 75.6 Å². The Morgan fingerprint density at radius 3 is 2.80 bits per heavy atom. The van der Waals surface area contributed by atoms with Crippen molar-refractivity contribution < 1.29 is 33.0 Å². The van der Waals surface area contributed by atoms with Crippen molar-refractivity contribution in [2.45, 2.75) is 44.7 Å². The number of rotatable bonds is 11. The van der Waals surface area contributed by atoms with Crippen molar-refractivity contribution in [2.75, 3.05) is 13.2 Å². The molecule has 0 spiro atoms. The quantitative estimate of drug-likeness (QED) is 0.230. The Morgan fingerprint density at radius 1 is 1.40 bits per heavy atom. The van der Waals surface area contributed by atoms with Crippen LogP contribution in [0.4, 0.5) is 0 Å². The predicted molar refractivity (Wildman–Crippen MR) is 125 cm³/mol. The number of esters is 1. The Hall–Kier alpha value is -3.02. The second kappa shape index (κ2) is 11.6. The van der Waals surface area contributed by atoms with Gasteiger partial charge in [0.1, 0.15) is 30.7 Å². The summed E-state index contributed by atoms with van der Waals surface area (Å²) in [6.45, 7) is 6.01. The van der Waals surface area contributed by atoms with Crippen LogP contribution in [0.25, 0.3) is 0 Å². The van der Waals surface area contributed by atoms with Crippen molar-refractivity contribution in [1.29, 1.82) is 0 Å². The van der Waals surface area contributed by atoms with Crippen LogP contribution < -0.4 is 20.9 Å². The SMILES string of the molecule is C=CCOC(=O)[C@H](C)N[P@](=O)(OC[C@@H]1O[C@H](n2cc(C)c(=O)[nH]c2=O)C[C@H]1O)Oc1ccccc1. The Kier molecular flexibility index (Phi) is 8.82. The molecule has 0 saturated carbocycles. The van der Waals surface area contributed by atoms with E-state index >= 15 is 0 Å². The van der Waals surface area contributed by atoms with Gasteiger partial charge >= 0.3 is 19.4 Å². The molecule has 2 aromatic rings. The molecular formula is C22H28N3O9P. The lowest BCUT2D eigenvalue weighted by Gasteiger charge is -2.24. The lowest BCUT2D eigenvalue weighted by molar-refractivity contribution is -0.144. The zero-order chi connectivity index (χ0) is 25.6. The molecule has 13 heteroatoms. The molecule has 1 aliphatic heterocycles. The van der Waals surface area contributed by atoms with Gasteiger partial charge in [0.05, 0.1) is 12.7 Å². The molecule has 0 amide bonds. The van der Waals surface area contributed by atoms with E-state index in [1.165, 1.54) is 26.1 Å². The van der Waals surface area contributed by atoms with E-state index in [0.29, 0.717) is 5.56 Å². The van der Waals surface area contributed by atoms with Crippen LogP contribution in [0.5, 0.6) is 5.75 Å². The number of benzene rings is 1. The third-order valence-electron chi connectivity index (χ3n) is 5.09. The molecule has 0 unspecified atom stereocenters. The number of aryl methyl sites for hydroxylation is 1. The molecule has 12 nitrogen and oxygen atoms in total. The number of aromatic amines is 1. The first-order valence-electron chi connectivity index (χ1n) is 10.8. The summed E-state index contributed by atoms with van der Waals surface area (Å²) in [5.74, 6) is -0.480. The van der Waals surface area contributed by atoms with Gasteiger partial charge in [0.15, 0.2) is 0 Å². The van der Waals surface area contributed by atoms with Crippen molar-refractivity contribution in [3.8, 4) is 5.75 Å². The summed E-state index contributed by atoms with van der Waals surface area (Å²) >= 11 is 0. The van der Waals surface area contributed by atoms with Crippen LogP contribution in [0, 0.1) is 6.92 Å². The summed E-state index contributed by atoms with van der Waals surface area (Å²) in [6.07, 6.45) is -0.164. The molecular weight excluding hydrogens is 481 g/mol. The molecule has 2 heterocycles. The summed E-state index contributed by atoms with van der Waals surface area (Å²) in [6, 6.07) is 7.12. The van der Waals surface area contributed by atoms with Gasteiger partial charge in [0, 0.05) is 18.2 Å². The number of aromatic nitrogens is 2. The number of aliphatic hydroxyl groups is 1. The van der Waals surface area contributed by atoms with Crippen molar-refractivity contribution in [1.82, 2.24) is 14.6 Å². The molecule has 0 aliphatic carbocycles. The van der Waals surface area contributed by atoms with Gasteiger partial charge in [-0.25, -0.2) is 9.36 Å². The minimum atomic E-state index is -4.16. The lowest BCUT2D eigenvalue weighted by Crippen LogP contribution is -2.36. The standard InChI is InChI=1S/C22H28N3O9P/c1-4-10-31-21(28)15(3)24-35(30,34-16-8-6-5-7-9-16)32-13-18-17(26)11-19(33-18)25-12-14(2)20(27)23-22(25)29/h4-9,12,15,17-19,26H,1,10-11,13H2,2-3H3,(H,24,30)(H,23,27,29)/t15-,17+,18-,19-,35-/m0/s1. The minimum absolute atomic E-state index is 0.0252. The van der Waals surface area contributed by atoms with Crippen LogP contribution in [-0.4, -0.2) is 52.1 Å². The Labute approximate surface area is 201 Å². The van der Waals surface area contributed by atoms with Gasteiger partial charge in [-0.3, -0.25) is 23.7 Å². The molecule has 3 N–H and O–H groups in total. The summed E-state index contributed by atoms with van der Waals surface area (Å²) in [5.41, 5.74) is -0.911. The molecule has 1 saturated heterocycles. The maximum absolute atomic E-state index is 13.5. The number of H-pyrrole nitrogens is 1. The first kappa shape index (κ1) is 26.6. The smallest absolute Gasteiger partial charge is 0.459 e. The molecule has 1 aromatic heterocycles. The monoisotopic (exact) mass is 509 g/mol. The predicted octanol–water partition coefficient (Wildman–Crippen LogP) is 1.40. The van der Waals surface area contributed by atoms with Crippen molar-refractivity contribution >= 4 is 13.7 Å². The van der Waals surface area contributed by atoms with Gasteiger partial charge in [-0.1, -0.05) is 30.9 Å². The van der Waals surface area contributed by atoms with Crippen LogP contribution in [0.15, 0.2) is 58.8 Å². The van der Waals surface area contributed by atoms with Gasteiger partial charge in [-0.05, 0) is 26.0 Å². The number of nitrogens with zero attached hydrogens (tertiary/aromatic N) is 1. The summed E-state index contributed by atoms with van der Waals surface area (Å²) in [7, 11) is -4.16. The number of carbonyl (C=O) groups excluding carboxylic acids is 1. The Bertz CT molecular complexity index is 1200. The fraction of sp³-hybridized carbons (Fsp3) is 0.409. The molecule has 5 atom stereocenters. The van der Waals surface area contributed by atoms with Gasteiger partial charge in [-0.2, -0.15) is 5.09 Å². The molecule has 1 fully saturated rings. The number of aliphatic hydroxyl groups excluding tert-OH is 1. The number of ether oxygens (including phenoxy) is 2. The van der Waals surface area contributed by atoms with Gasteiger partial charge < -0.3 is 19.1 Å².